The molecule has 1 aromatic heterocycles. The second kappa shape index (κ2) is 3.68. The molecule has 0 aliphatic carbocycles. The molecule has 2 N–H and O–H groups in total. The standard InChI is InChI=1S/C12H13NO/c1-9-7-11-5-4-10(3-2-6-13)8-12(11)14-9/h2-5,7-8H,6,13H2,1H3/b3-2+. The summed E-state index contributed by atoms with van der Waals surface area (Å²) >= 11 is 0. The zero-order valence-electron chi connectivity index (χ0n) is 8.16. The number of hydrogen-bond acceptors (Lipinski definition) is 2. The first-order chi connectivity index (χ1) is 6.79. The number of nitrogens with two attached hydrogens (primary N) is 1. The molecule has 0 amide bonds. The summed E-state index contributed by atoms with van der Waals surface area (Å²) < 4.78 is 5.52. The maximum atomic E-state index is 5.52. The van der Waals surface area contributed by atoms with Crippen LogP contribution in [0.25, 0.3) is 17.0 Å². The van der Waals surface area contributed by atoms with Gasteiger partial charge in [0.2, 0.25) is 0 Å². The summed E-state index contributed by atoms with van der Waals surface area (Å²) in [5.74, 6) is 0.944. The van der Waals surface area contributed by atoms with Crippen LogP contribution in [-0.4, -0.2) is 6.54 Å². The van der Waals surface area contributed by atoms with Gasteiger partial charge in [0.05, 0.1) is 0 Å². The molecule has 0 fully saturated rings. The van der Waals surface area contributed by atoms with Crippen LogP contribution in [0.3, 0.4) is 0 Å². The topological polar surface area (TPSA) is 39.2 Å². The average molecular weight is 187 g/mol. The zero-order valence-corrected chi connectivity index (χ0v) is 8.16. The third-order valence-electron chi connectivity index (χ3n) is 2.11. The van der Waals surface area contributed by atoms with Crippen molar-refractivity contribution >= 4 is 17.0 Å². The Balaban J connectivity index is 2.45. The van der Waals surface area contributed by atoms with E-state index in [1.807, 2.05) is 31.2 Å². The predicted molar refractivity (Wildman–Crippen MR) is 59.0 cm³/mol. The van der Waals surface area contributed by atoms with Crippen molar-refractivity contribution in [3.05, 3.63) is 41.7 Å². The highest BCUT2D eigenvalue weighted by Crippen LogP contribution is 2.20. The third-order valence-corrected chi connectivity index (χ3v) is 2.11. The van der Waals surface area contributed by atoms with E-state index in [2.05, 4.69) is 12.1 Å². The Morgan fingerprint density at radius 2 is 2.21 bits per heavy atom. The Bertz CT molecular complexity index is 468. The highest BCUT2D eigenvalue weighted by Gasteiger charge is 1.99. The smallest absolute Gasteiger partial charge is 0.134 e. The van der Waals surface area contributed by atoms with Gasteiger partial charge in [-0.25, -0.2) is 0 Å². The highest BCUT2D eigenvalue weighted by atomic mass is 16.3. The van der Waals surface area contributed by atoms with E-state index in [4.69, 9.17) is 10.2 Å². The van der Waals surface area contributed by atoms with Gasteiger partial charge < -0.3 is 10.2 Å². The Labute approximate surface area is 83.0 Å². The summed E-state index contributed by atoms with van der Waals surface area (Å²) in [6.45, 7) is 2.52. The fourth-order valence-electron chi connectivity index (χ4n) is 1.49. The first kappa shape index (κ1) is 9.03. The highest BCUT2D eigenvalue weighted by molar-refractivity contribution is 5.80. The number of fused-ring (bicyclic) bond motifs is 1. The predicted octanol–water partition coefficient (Wildman–Crippen LogP) is 2.71. The second-order valence-electron chi connectivity index (χ2n) is 3.29. The minimum atomic E-state index is 0.565. The normalized spacial score (nSPS) is 11.6. The molecular formula is C12H13NO. The average Bonchev–Trinajstić information content (AvgIpc) is 2.54. The lowest BCUT2D eigenvalue weighted by atomic mass is 10.1. The quantitative estimate of drug-likeness (QED) is 0.785. The molecule has 0 aliphatic heterocycles. The summed E-state index contributed by atoms with van der Waals surface area (Å²) in [5, 5.41) is 1.15. The summed E-state index contributed by atoms with van der Waals surface area (Å²) in [6, 6.07) is 8.17. The minimum Gasteiger partial charge on any atom is -0.461 e. The minimum absolute atomic E-state index is 0.565. The first-order valence-electron chi connectivity index (χ1n) is 4.66. The maximum absolute atomic E-state index is 5.52. The lowest BCUT2D eigenvalue weighted by Crippen LogP contribution is -1.91. The fraction of sp³-hybridized carbons (Fsp3) is 0.167. The molecule has 0 bridgehead atoms. The molecule has 1 aromatic carbocycles. The van der Waals surface area contributed by atoms with Crippen LogP contribution in [-0.2, 0) is 0 Å². The van der Waals surface area contributed by atoms with Crippen molar-refractivity contribution in [3.8, 4) is 0 Å². The molecule has 2 aromatic rings. The van der Waals surface area contributed by atoms with Crippen LogP contribution in [0.5, 0.6) is 0 Å². The fourth-order valence-corrected chi connectivity index (χ4v) is 1.49. The Morgan fingerprint density at radius 1 is 1.36 bits per heavy atom. The molecule has 72 valence electrons. The summed E-state index contributed by atoms with van der Waals surface area (Å²) in [5.41, 5.74) is 7.44. The van der Waals surface area contributed by atoms with E-state index in [1.54, 1.807) is 0 Å². The van der Waals surface area contributed by atoms with Gasteiger partial charge in [-0.05, 0) is 24.6 Å². The van der Waals surface area contributed by atoms with E-state index in [1.165, 1.54) is 0 Å². The van der Waals surface area contributed by atoms with E-state index in [0.29, 0.717) is 6.54 Å². The van der Waals surface area contributed by atoms with E-state index in [-0.39, 0.29) is 0 Å². The molecule has 0 spiro atoms. The van der Waals surface area contributed by atoms with Crippen molar-refractivity contribution in [2.45, 2.75) is 6.92 Å². The van der Waals surface area contributed by atoms with Crippen LogP contribution in [0.4, 0.5) is 0 Å². The van der Waals surface area contributed by atoms with Gasteiger partial charge in [-0.15, -0.1) is 0 Å². The van der Waals surface area contributed by atoms with E-state index < -0.39 is 0 Å². The van der Waals surface area contributed by atoms with Crippen LogP contribution in [0, 0.1) is 6.92 Å². The first-order valence-corrected chi connectivity index (χ1v) is 4.66. The van der Waals surface area contributed by atoms with Crippen molar-refractivity contribution in [2.75, 3.05) is 6.54 Å². The van der Waals surface area contributed by atoms with Gasteiger partial charge in [0, 0.05) is 11.9 Å². The SMILES string of the molecule is Cc1cc2ccc(/C=C/CN)cc2o1. The van der Waals surface area contributed by atoms with Crippen LogP contribution < -0.4 is 5.73 Å². The molecule has 2 rings (SSSR count). The molecule has 0 aliphatic rings. The van der Waals surface area contributed by atoms with Crippen molar-refractivity contribution in [1.82, 2.24) is 0 Å². The Morgan fingerprint density at radius 3 is 3.00 bits per heavy atom. The summed E-state index contributed by atoms with van der Waals surface area (Å²) in [7, 11) is 0. The molecule has 0 unspecified atom stereocenters. The van der Waals surface area contributed by atoms with Crippen molar-refractivity contribution in [2.24, 2.45) is 5.73 Å². The Kier molecular flexibility index (Phi) is 2.37. The van der Waals surface area contributed by atoms with Crippen molar-refractivity contribution in [3.63, 3.8) is 0 Å². The summed E-state index contributed by atoms with van der Waals surface area (Å²) in [6.07, 6.45) is 3.92. The van der Waals surface area contributed by atoms with Gasteiger partial charge in [0.1, 0.15) is 11.3 Å². The van der Waals surface area contributed by atoms with Gasteiger partial charge in [-0.3, -0.25) is 0 Å². The molecule has 0 atom stereocenters. The number of furan rings is 1. The molecule has 1 heterocycles. The van der Waals surface area contributed by atoms with Crippen LogP contribution >= 0.6 is 0 Å². The maximum Gasteiger partial charge on any atom is 0.134 e. The van der Waals surface area contributed by atoms with Crippen LogP contribution in [0.1, 0.15) is 11.3 Å². The zero-order chi connectivity index (χ0) is 9.97. The number of rotatable bonds is 2. The van der Waals surface area contributed by atoms with E-state index >= 15 is 0 Å². The summed E-state index contributed by atoms with van der Waals surface area (Å²) in [4.78, 5) is 0. The molecule has 2 heteroatoms. The second-order valence-corrected chi connectivity index (χ2v) is 3.29. The lowest BCUT2D eigenvalue weighted by molar-refractivity contribution is 0.578. The van der Waals surface area contributed by atoms with Gasteiger partial charge in [-0.1, -0.05) is 24.3 Å². The molecule has 0 radical (unpaired) electrons. The molecule has 0 saturated carbocycles. The number of aryl methyl sites for hydroxylation is 1. The van der Waals surface area contributed by atoms with Crippen molar-refractivity contribution in [1.29, 1.82) is 0 Å². The van der Waals surface area contributed by atoms with E-state index in [9.17, 15) is 0 Å². The lowest BCUT2D eigenvalue weighted by Gasteiger charge is -1.92. The monoisotopic (exact) mass is 187 g/mol. The molecule has 2 nitrogen and oxygen atoms in total. The van der Waals surface area contributed by atoms with Gasteiger partial charge in [0.15, 0.2) is 0 Å². The van der Waals surface area contributed by atoms with Crippen LogP contribution in [0.15, 0.2) is 34.8 Å². The number of benzene rings is 1. The molecule has 14 heavy (non-hydrogen) atoms. The van der Waals surface area contributed by atoms with Gasteiger partial charge in [0.25, 0.3) is 0 Å². The Hall–Kier alpha value is -1.54. The van der Waals surface area contributed by atoms with E-state index in [0.717, 1.165) is 22.3 Å². The number of hydrogen-bond donors (Lipinski definition) is 1. The van der Waals surface area contributed by atoms with Gasteiger partial charge in [-0.2, -0.15) is 0 Å². The molecule has 0 saturated heterocycles. The van der Waals surface area contributed by atoms with Crippen LogP contribution in [0.2, 0.25) is 0 Å². The third kappa shape index (κ3) is 1.70. The van der Waals surface area contributed by atoms with Gasteiger partial charge >= 0.3 is 0 Å². The largest absolute Gasteiger partial charge is 0.461 e. The van der Waals surface area contributed by atoms with Crippen molar-refractivity contribution < 1.29 is 4.42 Å². The molecular weight excluding hydrogens is 174 g/mol.